The zero-order valence-electron chi connectivity index (χ0n) is 16.5. The molecule has 1 spiro atoms. The minimum Gasteiger partial charge on any atom is -0.486 e. The molecule has 7 nitrogen and oxygen atoms in total. The van der Waals surface area contributed by atoms with Gasteiger partial charge in [-0.15, -0.1) is 0 Å². The van der Waals surface area contributed by atoms with Gasteiger partial charge in [0.15, 0.2) is 5.78 Å². The van der Waals surface area contributed by atoms with E-state index in [1.165, 1.54) is 0 Å². The Morgan fingerprint density at radius 3 is 2.79 bits per heavy atom. The molecule has 29 heavy (non-hydrogen) atoms. The SMILES string of the molecule is COCCN1CC(C(=O)N2CCC3(CC2)CC(=O)c2cc(Cl)ccc2O3)CC1=O. The molecule has 1 unspecified atom stereocenters. The predicted octanol–water partition coefficient (Wildman–Crippen LogP) is 2.16. The predicted molar refractivity (Wildman–Crippen MR) is 106 cm³/mol. The van der Waals surface area contributed by atoms with Crippen LogP contribution in [0.15, 0.2) is 18.2 Å². The van der Waals surface area contributed by atoms with E-state index in [2.05, 4.69) is 0 Å². The standard InChI is InChI=1S/C21H25ClN2O5/c1-28-9-8-24-13-14(10-19(24)26)20(27)23-6-4-21(5-7-23)12-17(25)16-11-15(22)2-3-18(16)29-21/h2-3,11,14H,4-10,12-13H2,1H3. The van der Waals surface area contributed by atoms with Crippen LogP contribution in [0.4, 0.5) is 0 Å². The lowest BCUT2D eigenvalue weighted by Gasteiger charge is -2.44. The van der Waals surface area contributed by atoms with E-state index >= 15 is 0 Å². The van der Waals surface area contributed by atoms with Gasteiger partial charge in [-0.25, -0.2) is 0 Å². The Balaban J connectivity index is 1.37. The third kappa shape index (κ3) is 3.98. The van der Waals surface area contributed by atoms with Gasteiger partial charge in [0.05, 0.1) is 24.5 Å². The van der Waals surface area contributed by atoms with Crippen molar-refractivity contribution in [1.29, 1.82) is 0 Å². The molecule has 0 bridgehead atoms. The summed E-state index contributed by atoms with van der Waals surface area (Å²) in [6.45, 7) is 2.49. The fraction of sp³-hybridized carbons (Fsp3) is 0.571. The Morgan fingerprint density at radius 2 is 2.07 bits per heavy atom. The van der Waals surface area contributed by atoms with Crippen molar-refractivity contribution in [3.63, 3.8) is 0 Å². The van der Waals surface area contributed by atoms with Crippen LogP contribution in [0.5, 0.6) is 5.75 Å². The lowest BCUT2D eigenvalue weighted by atomic mass is 9.82. The maximum absolute atomic E-state index is 12.9. The van der Waals surface area contributed by atoms with Crippen LogP contribution < -0.4 is 4.74 Å². The summed E-state index contributed by atoms with van der Waals surface area (Å²) < 4.78 is 11.3. The quantitative estimate of drug-likeness (QED) is 0.746. The molecular formula is C21H25ClN2O5. The average molecular weight is 421 g/mol. The molecule has 4 rings (SSSR count). The number of piperidine rings is 1. The Morgan fingerprint density at radius 1 is 1.31 bits per heavy atom. The molecule has 1 aromatic rings. The number of hydrogen-bond donors (Lipinski definition) is 0. The van der Waals surface area contributed by atoms with Gasteiger partial charge in [0.1, 0.15) is 11.4 Å². The Kier molecular flexibility index (Phi) is 5.53. The molecule has 0 N–H and O–H groups in total. The van der Waals surface area contributed by atoms with Crippen LogP contribution in [0, 0.1) is 5.92 Å². The normalized spacial score (nSPS) is 23.3. The summed E-state index contributed by atoms with van der Waals surface area (Å²) in [6.07, 6.45) is 1.75. The molecule has 156 valence electrons. The fourth-order valence-electron chi connectivity index (χ4n) is 4.49. The maximum Gasteiger partial charge on any atom is 0.227 e. The summed E-state index contributed by atoms with van der Waals surface area (Å²) >= 11 is 6.00. The van der Waals surface area contributed by atoms with Gasteiger partial charge >= 0.3 is 0 Å². The van der Waals surface area contributed by atoms with Gasteiger partial charge in [-0.3, -0.25) is 14.4 Å². The number of methoxy groups -OCH3 is 1. The van der Waals surface area contributed by atoms with Crippen molar-refractivity contribution in [3.8, 4) is 5.75 Å². The lowest BCUT2D eigenvalue weighted by molar-refractivity contribution is -0.139. The molecule has 1 aromatic carbocycles. The molecule has 3 heterocycles. The molecule has 0 saturated carbocycles. The Hall–Kier alpha value is -2.12. The molecule has 3 aliphatic rings. The van der Waals surface area contributed by atoms with Crippen LogP contribution in [0.3, 0.4) is 0 Å². The first-order chi connectivity index (χ1) is 13.9. The van der Waals surface area contributed by atoms with Gasteiger partial charge in [0.25, 0.3) is 0 Å². The third-order valence-electron chi connectivity index (χ3n) is 6.17. The van der Waals surface area contributed by atoms with E-state index in [9.17, 15) is 14.4 Å². The first-order valence-corrected chi connectivity index (χ1v) is 10.4. The number of likely N-dealkylation sites (tertiary alicyclic amines) is 2. The number of ether oxygens (including phenoxy) is 2. The molecule has 3 aliphatic heterocycles. The van der Waals surface area contributed by atoms with Crippen molar-refractivity contribution in [2.24, 2.45) is 5.92 Å². The highest BCUT2D eigenvalue weighted by molar-refractivity contribution is 6.31. The molecule has 2 amide bonds. The molecule has 0 aromatic heterocycles. The largest absolute Gasteiger partial charge is 0.486 e. The fourth-order valence-corrected chi connectivity index (χ4v) is 4.67. The zero-order valence-corrected chi connectivity index (χ0v) is 17.2. The highest BCUT2D eigenvalue weighted by Gasteiger charge is 2.45. The van der Waals surface area contributed by atoms with Crippen LogP contribution in [0.25, 0.3) is 0 Å². The number of nitrogens with zero attached hydrogens (tertiary/aromatic N) is 2. The van der Waals surface area contributed by atoms with Gasteiger partial charge in [-0.2, -0.15) is 0 Å². The number of ketones is 1. The number of carbonyl (C=O) groups is 3. The third-order valence-corrected chi connectivity index (χ3v) is 6.40. The topological polar surface area (TPSA) is 76.2 Å². The van der Waals surface area contributed by atoms with Crippen molar-refractivity contribution in [1.82, 2.24) is 9.80 Å². The van der Waals surface area contributed by atoms with E-state index in [1.807, 2.05) is 4.90 Å². The number of amides is 2. The second kappa shape index (κ2) is 7.95. The number of benzene rings is 1. The molecule has 2 fully saturated rings. The summed E-state index contributed by atoms with van der Waals surface area (Å²) in [7, 11) is 1.60. The molecule has 1 atom stereocenters. The van der Waals surface area contributed by atoms with Gasteiger partial charge < -0.3 is 19.3 Å². The highest BCUT2D eigenvalue weighted by Crippen LogP contribution is 2.40. The number of rotatable bonds is 4. The number of Topliss-reactive ketones (excluding diaryl/α,β-unsaturated/α-hetero) is 1. The summed E-state index contributed by atoms with van der Waals surface area (Å²) in [6, 6.07) is 5.11. The van der Waals surface area contributed by atoms with Crippen molar-refractivity contribution in [2.75, 3.05) is 39.9 Å². The number of fused-ring (bicyclic) bond motifs is 1. The first kappa shape index (κ1) is 20.2. The number of carbonyl (C=O) groups excluding carboxylic acids is 3. The number of halogens is 1. The van der Waals surface area contributed by atoms with Gasteiger partial charge in [0, 0.05) is 57.6 Å². The second-order valence-electron chi connectivity index (χ2n) is 8.08. The summed E-state index contributed by atoms with van der Waals surface area (Å²) in [5.74, 6) is 0.322. The molecule has 0 aliphatic carbocycles. The van der Waals surface area contributed by atoms with Crippen LogP contribution in [0.2, 0.25) is 5.02 Å². The van der Waals surface area contributed by atoms with Crippen LogP contribution in [0.1, 0.15) is 36.0 Å². The number of hydrogen-bond acceptors (Lipinski definition) is 5. The summed E-state index contributed by atoms with van der Waals surface area (Å²) in [4.78, 5) is 41.2. The van der Waals surface area contributed by atoms with Gasteiger partial charge in [-0.1, -0.05) is 11.6 Å². The van der Waals surface area contributed by atoms with Crippen LogP contribution in [-0.4, -0.2) is 72.9 Å². The second-order valence-corrected chi connectivity index (χ2v) is 8.52. The van der Waals surface area contributed by atoms with E-state index in [0.29, 0.717) is 68.4 Å². The Labute approximate surface area is 174 Å². The van der Waals surface area contributed by atoms with Crippen molar-refractivity contribution >= 4 is 29.2 Å². The van der Waals surface area contributed by atoms with E-state index in [4.69, 9.17) is 21.1 Å². The van der Waals surface area contributed by atoms with E-state index in [-0.39, 0.29) is 29.9 Å². The minimum atomic E-state index is -0.565. The maximum atomic E-state index is 12.9. The van der Waals surface area contributed by atoms with E-state index < -0.39 is 5.60 Å². The highest BCUT2D eigenvalue weighted by atomic mass is 35.5. The lowest BCUT2D eigenvalue weighted by Crippen LogP contribution is -2.53. The molecule has 2 saturated heterocycles. The van der Waals surface area contributed by atoms with E-state index in [0.717, 1.165) is 0 Å². The minimum absolute atomic E-state index is 0.00496. The first-order valence-electron chi connectivity index (χ1n) is 9.98. The van der Waals surface area contributed by atoms with E-state index in [1.54, 1.807) is 30.2 Å². The van der Waals surface area contributed by atoms with Crippen LogP contribution >= 0.6 is 11.6 Å². The smallest absolute Gasteiger partial charge is 0.227 e. The van der Waals surface area contributed by atoms with Gasteiger partial charge in [-0.05, 0) is 18.2 Å². The average Bonchev–Trinajstić information content (AvgIpc) is 3.08. The van der Waals surface area contributed by atoms with Crippen molar-refractivity contribution in [3.05, 3.63) is 28.8 Å². The monoisotopic (exact) mass is 420 g/mol. The summed E-state index contributed by atoms with van der Waals surface area (Å²) in [5, 5.41) is 0.516. The zero-order chi connectivity index (χ0) is 20.6. The van der Waals surface area contributed by atoms with Crippen molar-refractivity contribution in [2.45, 2.75) is 31.3 Å². The van der Waals surface area contributed by atoms with Crippen molar-refractivity contribution < 1.29 is 23.9 Å². The van der Waals surface area contributed by atoms with Gasteiger partial charge in [0.2, 0.25) is 11.8 Å². The molecule has 8 heteroatoms. The summed E-state index contributed by atoms with van der Waals surface area (Å²) in [5.41, 5.74) is -0.0349. The molecule has 0 radical (unpaired) electrons. The van der Waals surface area contributed by atoms with Crippen LogP contribution in [-0.2, 0) is 14.3 Å². The molecular weight excluding hydrogens is 396 g/mol. The Bertz CT molecular complexity index is 834.